The van der Waals surface area contributed by atoms with Gasteiger partial charge < -0.3 is 0 Å². The maximum atomic E-state index is 12.0. The Morgan fingerprint density at radius 1 is 1.10 bits per heavy atom. The third kappa shape index (κ3) is 5.08. The lowest BCUT2D eigenvalue weighted by Gasteiger charge is -2.26. The van der Waals surface area contributed by atoms with E-state index in [4.69, 9.17) is 0 Å². The molecule has 2 aliphatic rings. The number of aromatic nitrogens is 3. The Morgan fingerprint density at radius 2 is 1.81 bits per heavy atom. The Hall–Kier alpha value is -2.84. The molecule has 0 atom stereocenters. The average Bonchev–Trinajstić information content (AvgIpc) is 3.57. The molecule has 1 amide bonds. The second kappa shape index (κ2) is 9.53. The minimum atomic E-state index is -0.646. The van der Waals surface area contributed by atoms with Crippen molar-refractivity contribution in [1.82, 2.24) is 19.5 Å². The van der Waals surface area contributed by atoms with Gasteiger partial charge >= 0.3 is 0 Å². The SMILES string of the molecule is C=C.O=C(Nc1nc2cccc(-c3ccc(CN4CCS(=O)CC4)cc3)n2n1)C1CC1. The molecule has 2 fully saturated rings. The van der Waals surface area contributed by atoms with Crippen LogP contribution in [0.3, 0.4) is 0 Å². The minimum absolute atomic E-state index is 0.00774. The van der Waals surface area contributed by atoms with Crippen LogP contribution in [0, 0.1) is 5.92 Å². The van der Waals surface area contributed by atoms with E-state index in [1.165, 1.54) is 5.56 Å². The molecule has 7 nitrogen and oxygen atoms in total. The largest absolute Gasteiger partial charge is 0.297 e. The molecule has 0 spiro atoms. The normalized spacial score (nSPS) is 17.2. The number of nitrogens with zero attached hydrogens (tertiary/aromatic N) is 4. The van der Waals surface area contributed by atoms with E-state index in [0.29, 0.717) is 11.6 Å². The first-order chi connectivity index (χ1) is 15.2. The molecule has 1 N–H and O–H groups in total. The lowest BCUT2D eigenvalue weighted by atomic mass is 10.1. The van der Waals surface area contributed by atoms with Crippen molar-refractivity contribution in [2.24, 2.45) is 5.92 Å². The van der Waals surface area contributed by atoms with Gasteiger partial charge in [0.05, 0.1) is 5.69 Å². The van der Waals surface area contributed by atoms with E-state index >= 15 is 0 Å². The number of carbonyl (C=O) groups is 1. The number of rotatable bonds is 5. The van der Waals surface area contributed by atoms with Crippen molar-refractivity contribution < 1.29 is 9.00 Å². The molecule has 31 heavy (non-hydrogen) atoms. The van der Waals surface area contributed by atoms with Crippen LogP contribution >= 0.6 is 0 Å². The highest BCUT2D eigenvalue weighted by molar-refractivity contribution is 7.85. The Balaban J connectivity index is 0.00000112. The van der Waals surface area contributed by atoms with Crippen molar-refractivity contribution in [3.8, 4) is 11.3 Å². The number of amides is 1. The molecular weight excluding hydrogens is 410 g/mol. The molecular formula is C23H27N5O2S. The molecule has 162 valence electrons. The molecule has 5 rings (SSSR count). The average molecular weight is 438 g/mol. The molecule has 1 saturated carbocycles. The standard InChI is InChI=1S/C21H23N5O2S.C2H4/c27-20(17-8-9-17)23-21-22-19-3-1-2-18(26(19)24-21)16-6-4-15(5-7-16)14-25-10-12-29(28)13-11-25;1-2/h1-7,17H,8-14H2,(H,23,24,27);1-2H2. The molecule has 0 bridgehead atoms. The summed E-state index contributed by atoms with van der Waals surface area (Å²) in [7, 11) is -0.646. The van der Waals surface area contributed by atoms with Crippen molar-refractivity contribution in [2.45, 2.75) is 19.4 Å². The van der Waals surface area contributed by atoms with E-state index in [9.17, 15) is 9.00 Å². The smallest absolute Gasteiger partial charge is 0.249 e. The summed E-state index contributed by atoms with van der Waals surface area (Å²) in [5, 5.41) is 7.32. The summed E-state index contributed by atoms with van der Waals surface area (Å²) < 4.78 is 13.3. The van der Waals surface area contributed by atoms with Gasteiger partial charge in [0, 0.05) is 53.4 Å². The van der Waals surface area contributed by atoms with Crippen LogP contribution in [0.15, 0.2) is 55.6 Å². The van der Waals surface area contributed by atoms with Crippen molar-refractivity contribution in [3.63, 3.8) is 0 Å². The lowest BCUT2D eigenvalue weighted by molar-refractivity contribution is -0.117. The second-order valence-electron chi connectivity index (χ2n) is 7.70. The molecule has 1 aliphatic heterocycles. The van der Waals surface area contributed by atoms with Crippen LogP contribution in [0.2, 0.25) is 0 Å². The van der Waals surface area contributed by atoms with E-state index in [0.717, 1.165) is 55.2 Å². The fraction of sp³-hybridized carbons (Fsp3) is 0.348. The van der Waals surface area contributed by atoms with E-state index in [-0.39, 0.29) is 11.8 Å². The molecule has 2 aromatic heterocycles. The maximum Gasteiger partial charge on any atom is 0.249 e. The summed E-state index contributed by atoms with van der Waals surface area (Å²) in [6.07, 6.45) is 1.90. The fourth-order valence-electron chi connectivity index (χ4n) is 3.61. The summed E-state index contributed by atoms with van der Waals surface area (Å²) in [5.74, 6) is 2.02. The lowest BCUT2D eigenvalue weighted by Crippen LogP contribution is -2.37. The number of carbonyl (C=O) groups excluding carboxylic acids is 1. The van der Waals surface area contributed by atoms with Crippen LogP contribution < -0.4 is 5.32 Å². The van der Waals surface area contributed by atoms with Gasteiger partial charge in [-0.1, -0.05) is 30.3 Å². The highest BCUT2D eigenvalue weighted by atomic mass is 32.2. The van der Waals surface area contributed by atoms with Gasteiger partial charge in [-0.15, -0.1) is 18.3 Å². The number of pyridine rings is 1. The van der Waals surface area contributed by atoms with Gasteiger partial charge in [-0.3, -0.25) is 19.2 Å². The van der Waals surface area contributed by atoms with Gasteiger partial charge in [0.2, 0.25) is 11.9 Å². The topological polar surface area (TPSA) is 79.6 Å². The summed E-state index contributed by atoms with van der Waals surface area (Å²) in [6, 6.07) is 14.3. The predicted molar refractivity (Wildman–Crippen MR) is 124 cm³/mol. The third-order valence-corrected chi connectivity index (χ3v) is 6.74. The van der Waals surface area contributed by atoms with Gasteiger partial charge in [-0.05, 0) is 30.5 Å². The van der Waals surface area contributed by atoms with Gasteiger partial charge in [-0.25, -0.2) is 4.52 Å². The van der Waals surface area contributed by atoms with Crippen molar-refractivity contribution in [3.05, 3.63) is 61.2 Å². The molecule has 1 aliphatic carbocycles. The van der Waals surface area contributed by atoms with Crippen LogP contribution in [-0.4, -0.2) is 54.2 Å². The number of nitrogens with one attached hydrogen (secondary N) is 1. The number of hydrogen-bond donors (Lipinski definition) is 1. The zero-order valence-corrected chi connectivity index (χ0v) is 18.3. The molecule has 0 radical (unpaired) electrons. The molecule has 1 saturated heterocycles. The summed E-state index contributed by atoms with van der Waals surface area (Å²) in [4.78, 5) is 18.8. The first-order valence-corrected chi connectivity index (χ1v) is 12.0. The summed E-state index contributed by atoms with van der Waals surface area (Å²) in [6.45, 7) is 8.66. The molecule has 1 aromatic carbocycles. The molecule has 3 aromatic rings. The first kappa shape index (κ1) is 21.4. The number of fused-ring (bicyclic) bond motifs is 1. The van der Waals surface area contributed by atoms with Gasteiger partial charge in [-0.2, -0.15) is 4.98 Å². The predicted octanol–water partition coefficient (Wildman–Crippen LogP) is 3.11. The van der Waals surface area contributed by atoms with Crippen molar-refractivity contribution in [1.29, 1.82) is 0 Å². The Bertz CT molecular complexity index is 1080. The zero-order chi connectivity index (χ0) is 21.8. The van der Waals surface area contributed by atoms with E-state index in [1.54, 1.807) is 4.52 Å². The van der Waals surface area contributed by atoms with Gasteiger partial charge in [0.15, 0.2) is 5.65 Å². The summed E-state index contributed by atoms with van der Waals surface area (Å²) in [5.41, 5.74) is 3.93. The molecule has 3 heterocycles. The van der Waals surface area contributed by atoms with Crippen LogP contribution in [0.25, 0.3) is 16.9 Å². The number of benzene rings is 1. The summed E-state index contributed by atoms with van der Waals surface area (Å²) >= 11 is 0. The Labute approximate surface area is 184 Å². The van der Waals surface area contributed by atoms with Gasteiger partial charge in [0.1, 0.15) is 0 Å². The Kier molecular flexibility index (Phi) is 6.58. The highest BCUT2D eigenvalue weighted by Crippen LogP contribution is 2.30. The quantitative estimate of drug-likeness (QED) is 0.621. The highest BCUT2D eigenvalue weighted by Gasteiger charge is 2.30. The number of anilines is 1. The van der Waals surface area contributed by atoms with E-state index in [1.807, 2.05) is 18.2 Å². The third-order valence-electron chi connectivity index (χ3n) is 5.47. The maximum absolute atomic E-state index is 12.0. The Morgan fingerprint density at radius 3 is 2.48 bits per heavy atom. The van der Waals surface area contributed by atoms with Crippen LogP contribution in [0.1, 0.15) is 18.4 Å². The first-order valence-electron chi connectivity index (χ1n) is 10.5. The fourth-order valence-corrected chi connectivity index (χ4v) is 4.74. The minimum Gasteiger partial charge on any atom is -0.297 e. The van der Waals surface area contributed by atoms with E-state index in [2.05, 4.69) is 57.7 Å². The van der Waals surface area contributed by atoms with Gasteiger partial charge in [0.25, 0.3) is 0 Å². The van der Waals surface area contributed by atoms with E-state index < -0.39 is 10.8 Å². The number of hydrogen-bond acceptors (Lipinski definition) is 5. The van der Waals surface area contributed by atoms with Crippen LogP contribution in [0.4, 0.5) is 5.95 Å². The van der Waals surface area contributed by atoms with Crippen LogP contribution in [-0.2, 0) is 22.1 Å². The molecule has 8 heteroatoms. The molecule has 0 unspecified atom stereocenters. The second-order valence-corrected chi connectivity index (χ2v) is 9.40. The zero-order valence-electron chi connectivity index (χ0n) is 17.5. The monoisotopic (exact) mass is 437 g/mol. The van der Waals surface area contributed by atoms with Crippen molar-refractivity contribution in [2.75, 3.05) is 29.9 Å². The van der Waals surface area contributed by atoms with Crippen LogP contribution in [0.5, 0.6) is 0 Å². The van der Waals surface area contributed by atoms with Crippen molar-refractivity contribution >= 4 is 28.3 Å².